The largest absolute Gasteiger partial charge is 0.384 e. The van der Waals surface area contributed by atoms with Crippen LogP contribution in [0.25, 0.3) is 0 Å². The second-order valence-electron chi connectivity index (χ2n) is 4.78. The van der Waals surface area contributed by atoms with Gasteiger partial charge in [-0.15, -0.1) is 0 Å². The smallest absolute Gasteiger partial charge is 0.251 e. The molecule has 0 aliphatic carbocycles. The van der Waals surface area contributed by atoms with Gasteiger partial charge in [0.25, 0.3) is 5.91 Å². The third-order valence-corrected chi connectivity index (χ3v) is 2.92. The molecular weight excluding hydrogens is 268 g/mol. The third kappa shape index (κ3) is 5.28. The van der Waals surface area contributed by atoms with Gasteiger partial charge in [-0.25, -0.2) is 0 Å². The summed E-state index contributed by atoms with van der Waals surface area (Å²) in [5.74, 6) is 5.05. The summed E-state index contributed by atoms with van der Waals surface area (Å²) < 4.78 is 0. The predicted molar refractivity (Wildman–Crippen MR) is 80.8 cm³/mol. The molecule has 0 bridgehead atoms. The highest BCUT2D eigenvalue weighted by molar-refractivity contribution is 5.96. The molecule has 1 aromatic rings. The van der Waals surface area contributed by atoms with Crippen LogP contribution in [0.5, 0.6) is 0 Å². The highest BCUT2D eigenvalue weighted by Crippen LogP contribution is 2.10. The van der Waals surface area contributed by atoms with Gasteiger partial charge in [-0.3, -0.25) is 9.59 Å². The Kier molecular flexibility index (Phi) is 6.44. The zero-order valence-corrected chi connectivity index (χ0v) is 12.6. The van der Waals surface area contributed by atoms with Crippen molar-refractivity contribution in [1.29, 1.82) is 0 Å². The molecule has 5 nitrogen and oxygen atoms in total. The van der Waals surface area contributed by atoms with E-state index in [1.165, 1.54) is 4.90 Å². The average molecular weight is 288 g/mol. The summed E-state index contributed by atoms with van der Waals surface area (Å²) in [6, 6.07) is 5.28. The summed E-state index contributed by atoms with van der Waals surface area (Å²) >= 11 is 0. The average Bonchev–Trinajstić information content (AvgIpc) is 2.45. The minimum Gasteiger partial charge on any atom is -0.384 e. The maximum absolute atomic E-state index is 12.1. The Labute approximate surface area is 125 Å². The molecule has 0 saturated carbocycles. The fourth-order valence-corrected chi connectivity index (χ4v) is 1.69. The van der Waals surface area contributed by atoms with Crippen LogP contribution in [0.2, 0.25) is 0 Å². The van der Waals surface area contributed by atoms with Gasteiger partial charge < -0.3 is 15.3 Å². The molecule has 0 heterocycles. The van der Waals surface area contributed by atoms with Crippen molar-refractivity contribution in [1.82, 2.24) is 10.2 Å². The first-order valence-corrected chi connectivity index (χ1v) is 6.64. The number of amides is 2. The minimum atomic E-state index is -0.230. The van der Waals surface area contributed by atoms with E-state index in [1.54, 1.807) is 32.3 Å². The molecule has 112 valence electrons. The van der Waals surface area contributed by atoms with Crippen molar-refractivity contribution in [2.24, 2.45) is 0 Å². The van der Waals surface area contributed by atoms with Crippen LogP contribution in [0, 0.1) is 18.8 Å². The molecule has 0 aliphatic heterocycles. The number of nitrogens with zero attached hydrogens (tertiary/aromatic N) is 1. The zero-order valence-electron chi connectivity index (χ0n) is 12.6. The van der Waals surface area contributed by atoms with Gasteiger partial charge >= 0.3 is 0 Å². The van der Waals surface area contributed by atoms with E-state index < -0.39 is 0 Å². The van der Waals surface area contributed by atoms with E-state index in [0.29, 0.717) is 17.7 Å². The third-order valence-electron chi connectivity index (χ3n) is 2.92. The van der Waals surface area contributed by atoms with Gasteiger partial charge in [0, 0.05) is 38.2 Å². The molecule has 0 aromatic heterocycles. The number of hydrogen-bond donors (Lipinski definition) is 2. The highest BCUT2D eigenvalue weighted by Gasteiger charge is 2.10. The van der Waals surface area contributed by atoms with Gasteiger partial charge in [0.2, 0.25) is 5.91 Å². The summed E-state index contributed by atoms with van der Waals surface area (Å²) in [6.45, 7) is 1.91. The number of aliphatic hydroxyl groups is 1. The fourth-order valence-electron chi connectivity index (χ4n) is 1.69. The molecule has 0 saturated heterocycles. The molecule has 0 fully saturated rings. The van der Waals surface area contributed by atoms with Crippen LogP contribution in [-0.2, 0) is 4.79 Å². The molecule has 1 rings (SSSR count). The number of nitrogens with one attached hydrogen (secondary N) is 1. The number of carbonyl (C=O) groups excluding carboxylic acids is 2. The summed E-state index contributed by atoms with van der Waals surface area (Å²) in [6.07, 6.45) is 0.266. The Bertz CT molecular complexity index is 583. The lowest BCUT2D eigenvalue weighted by atomic mass is 10.0. The van der Waals surface area contributed by atoms with Crippen LogP contribution in [-0.4, -0.2) is 49.1 Å². The second kappa shape index (κ2) is 8.08. The lowest BCUT2D eigenvalue weighted by Crippen LogP contribution is -2.30. The van der Waals surface area contributed by atoms with Gasteiger partial charge in [0.05, 0.1) is 0 Å². The molecule has 0 aliphatic rings. The normalized spacial score (nSPS) is 9.52. The lowest BCUT2D eigenvalue weighted by Gasteiger charge is -2.11. The number of carbonyl (C=O) groups is 2. The van der Waals surface area contributed by atoms with Crippen LogP contribution in [0.15, 0.2) is 18.2 Å². The first-order chi connectivity index (χ1) is 9.95. The standard InChI is InChI=1S/C16H20N2O3/c1-12-6-7-13(5-4-10-19)11-14(12)16(21)17-9-8-15(20)18(2)3/h6-7,11,19H,8-10H2,1-3H3,(H,17,21). The van der Waals surface area contributed by atoms with Gasteiger partial charge in [0.1, 0.15) is 6.61 Å². The van der Waals surface area contributed by atoms with E-state index in [2.05, 4.69) is 17.2 Å². The Morgan fingerprint density at radius 1 is 1.33 bits per heavy atom. The van der Waals surface area contributed by atoms with Gasteiger partial charge in [0.15, 0.2) is 0 Å². The van der Waals surface area contributed by atoms with Gasteiger partial charge in [-0.1, -0.05) is 17.9 Å². The number of aliphatic hydroxyl groups excluding tert-OH is 1. The number of aryl methyl sites for hydroxylation is 1. The Morgan fingerprint density at radius 3 is 2.67 bits per heavy atom. The van der Waals surface area contributed by atoms with Gasteiger partial charge in [-0.05, 0) is 24.6 Å². The minimum absolute atomic E-state index is 0.0328. The maximum atomic E-state index is 12.1. The lowest BCUT2D eigenvalue weighted by molar-refractivity contribution is -0.128. The topological polar surface area (TPSA) is 69.6 Å². The van der Waals surface area contributed by atoms with Crippen LogP contribution in [0.4, 0.5) is 0 Å². The summed E-state index contributed by atoms with van der Waals surface area (Å²) in [5.41, 5.74) is 2.03. The van der Waals surface area contributed by atoms with Crippen molar-refractivity contribution in [3.8, 4) is 11.8 Å². The second-order valence-corrected chi connectivity index (χ2v) is 4.78. The predicted octanol–water partition coefficient (Wildman–Crippen LogP) is 0.547. The van der Waals surface area contributed by atoms with E-state index in [9.17, 15) is 9.59 Å². The number of hydrogen-bond acceptors (Lipinski definition) is 3. The quantitative estimate of drug-likeness (QED) is 0.795. The first-order valence-electron chi connectivity index (χ1n) is 6.64. The van der Waals surface area contributed by atoms with Crippen molar-refractivity contribution in [3.63, 3.8) is 0 Å². The van der Waals surface area contributed by atoms with Crippen molar-refractivity contribution in [3.05, 3.63) is 34.9 Å². The summed E-state index contributed by atoms with van der Waals surface area (Å²) in [7, 11) is 3.36. The summed E-state index contributed by atoms with van der Waals surface area (Å²) in [4.78, 5) is 25.0. The van der Waals surface area contributed by atoms with Crippen molar-refractivity contribution >= 4 is 11.8 Å². The Balaban J connectivity index is 2.71. The van der Waals surface area contributed by atoms with Crippen molar-refractivity contribution < 1.29 is 14.7 Å². The van der Waals surface area contributed by atoms with E-state index in [0.717, 1.165) is 5.56 Å². The SMILES string of the molecule is Cc1ccc(C#CCO)cc1C(=O)NCCC(=O)N(C)C. The molecule has 5 heteroatoms. The van der Waals surface area contributed by atoms with Crippen LogP contribution >= 0.6 is 0 Å². The molecule has 0 atom stereocenters. The highest BCUT2D eigenvalue weighted by atomic mass is 16.2. The molecule has 21 heavy (non-hydrogen) atoms. The van der Waals surface area contributed by atoms with E-state index in [-0.39, 0.29) is 24.8 Å². The van der Waals surface area contributed by atoms with Crippen molar-refractivity contribution in [2.45, 2.75) is 13.3 Å². The van der Waals surface area contributed by atoms with Crippen LogP contribution < -0.4 is 5.32 Å². The molecule has 2 amide bonds. The van der Waals surface area contributed by atoms with E-state index >= 15 is 0 Å². The Hall–Kier alpha value is -2.32. The monoisotopic (exact) mass is 288 g/mol. The molecular formula is C16H20N2O3. The van der Waals surface area contributed by atoms with E-state index in [1.807, 2.05) is 6.92 Å². The zero-order chi connectivity index (χ0) is 15.8. The molecule has 0 radical (unpaired) electrons. The molecule has 1 aromatic carbocycles. The summed E-state index contributed by atoms with van der Waals surface area (Å²) in [5, 5.41) is 11.4. The number of benzene rings is 1. The van der Waals surface area contributed by atoms with Crippen molar-refractivity contribution in [2.75, 3.05) is 27.2 Å². The maximum Gasteiger partial charge on any atom is 0.251 e. The molecule has 2 N–H and O–H groups in total. The van der Waals surface area contributed by atoms with Gasteiger partial charge in [-0.2, -0.15) is 0 Å². The van der Waals surface area contributed by atoms with E-state index in [4.69, 9.17) is 5.11 Å². The first kappa shape index (κ1) is 16.7. The Morgan fingerprint density at radius 2 is 2.05 bits per heavy atom. The van der Waals surface area contributed by atoms with Crippen LogP contribution in [0.3, 0.4) is 0 Å². The molecule has 0 unspecified atom stereocenters. The fraction of sp³-hybridized carbons (Fsp3) is 0.375. The van der Waals surface area contributed by atoms with Crippen LogP contribution in [0.1, 0.15) is 27.9 Å². The molecule has 0 spiro atoms. The number of rotatable bonds is 4.